The van der Waals surface area contributed by atoms with Gasteiger partial charge in [-0.15, -0.1) is 0 Å². The lowest BCUT2D eigenvalue weighted by atomic mass is 9.74. The maximum absolute atomic E-state index is 12.0. The van der Waals surface area contributed by atoms with Gasteiger partial charge in [0, 0.05) is 11.5 Å². The van der Waals surface area contributed by atoms with Crippen molar-refractivity contribution in [2.75, 3.05) is 0 Å². The number of aliphatic carboxylic acids is 1. The first kappa shape index (κ1) is 14.0. The van der Waals surface area contributed by atoms with E-state index in [4.69, 9.17) is 0 Å². The van der Waals surface area contributed by atoms with Gasteiger partial charge in [0.15, 0.2) is 0 Å². The summed E-state index contributed by atoms with van der Waals surface area (Å²) in [6.07, 6.45) is 0.877. The third-order valence-corrected chi connectivity index (χ3v) is 4.36. The molecule has 1 aliphatic carbocycles. The third-order valence-electron chi connectivity index (χ3n) is 4.36. The number of hydrogen-bond acceptors (Lipinski definition) is 2. The largest absolute Gasteiger partial charge is 0.481 e. The maximum atomic E-state index is 12.0. The summed E-state index contributed by atoms with van der Waals surface area (Å²) in [6, 6.07) is 0. The normalized spacial score (nSPS) is 23.1. The molecule has 1 aliphatic rings. The fourth-order valence-electron chi connectivity index (χ4n) is 1.73. The number of carbonyl (C=O) groups excluding carboxylic acids is 1. The Labute approximate surface area is 103 Å². The van der Waals surface area contributed by atoms with Crippen molar-refractivity contribution < 1.29 is 14.7 Å². The minimum Gasteiger partial charge on any atom is -0.481 e. The number of carboxylic acid groups (broad SMARTS) is 1. The van der Waals surface area contributed by atoms with Crippen LogP contribution in [0.25, 0.3) is 0 Å². The molecule has 1 amide bonds. The van der Waals surface area contributed by atoms with Gasteiger partial charge in [-0.1, -0.05) is 13.8 Å². The molecule has 2 N–H and O–H groups in total. The van der Waals surface area contributed by atoms with Crippen LogP contribution in [0.5, 0.6) is 0 Å². The average molecular weight is 241 g/mol. The van der Waals surface area contributed by atoms with Crippen LogP contribution in [0.15, 0.2) is 0 Å². The van der Waals surface area contributed by atoms with Crippen LogP contribution in [0.1, 0.15) is 48.0 Å². The first-order chi connectivity index (χ1) is 7.42. The van der Waals surface area contributed by atoms with E-state index in [-0.39, 0.29) is 17.2 Å². The second-order valence-corrected chi connectivity index (χ2v) is 6.79. The molecular formula is C13H23NO3. The van der Waals surface area contributed by atoms with Gasteiger partial charge in [0.1, 0.15) is 0 Å². The standard InChI is InChI=1S/C13H23NO3/c1-11(2)7-8(11)9(15)14-13(5,6)12(3,4)10(16)17/h8H,7H2,1-6H3,(H,14,15)(H,16,17). The Bertz CT molecular complexity index is 356. The molecule has 0 spiro atoms. The summed E-state index contributed by atoms with van der Waals surface area (Å²) in [6.45, 7) is 10.9. The predicted molar refractivity (Wildman–Crippen MR) is 65.5 cm³/mol. The summed E-state index contributed by atoms with van der Waals surface area (Å²) >= 11 is 0. The molecule has 17 heavy (non-hydrogen) atoms. The van der Waals surface area contributed by atoms with Crippen LogP contribution < -0.4 is 5.32 Å². The van der Waals surface area contributed by atoms with E-state index in [1.54, 1.807) is 27.7 Å². The highest BCUT2D eigenvalue weighted by Gasteiger charge is 2.53. The topological polar surface area (TPSA) is 66.4 Å². The van der Waals surface area contributed by atoms with Crippen molar-refractivity contribution in [3.63, 3.8) is 0 Å². The van der Waals surface area contributed by atoms with E-state index in [0.717, 1.165) is 6.42 Å². The van der Waals surface area contributed by atoms with Crippen molar-refractivity contribution in [2.45, 2.75) is 53.5 Å². The Hall–Kier alpha value is -1.06. The van der Waals surface area contributed by atoms with Crippen LogP contribution in [0.3, 0.4) is 0 Å². The molecular weight excluding hydrogens is 218 g/mol. The second-order valence-electron chi connectivity index (χ2n) is 6.79. The number of hydrogen-bond donors (Lipinski definition) is 2. The molecule has 1 unspecified atom stereocenters. The Kier molecular flexibility index (Phi) is 3.06. The van der Waals surface area contributed by atoms with Crippen molar-refractivity contribution in [3.8, 4) is 0 Å². The lowest BCUT2D eigenvalue weighted by Gasteiger charge is -2.39. The Morgan fingerprint density at radius 1 is 1.24 bits per heavy atom. The highest BCUT2D eigenvalue weighted by molar-refractivity contribution is 5.84. The highest BCUT2D eigenvalue weighted by atomic mass is 16.4. The Morgan fingerprint density at radius 3 is 1.94 bits per heavy atom. The molecule has 0 aromatic carbocycles. The second kappa shape index (κ2) is 3.72. The van der Waals surface area contributed by atoms with E-state index >= 15 is 0 Å². The molecule has 0 aliphatic heterocycles. The maximum Gasteiger partial charge on any atom is 0.311 e. The summed E-state index contributed by atoms with van der Waals surface area (Å²) in [5, 5.41) is 12.1. The molecule has 4 heteroatoms. The molecule has 4 nitrogen and oxygen atoms in total. The smallest absolute Gasteiger partial charge is 0.311 e. The van der Waals surface area contributed by atoms with Gasteiger partial charge in [0.25, 0.3) is 0 Å². The summed E-state index contributed by atoms with van der Waals surface area (Å²) in [5.74, 6) is -0.918. The van der Waals surface area contributed by atoms with Crippen molar-refractivity contribution in [2.24, 2.45) is 16.7 Å². The lowest BCUT2D eigenvalue weighted by Crippen LogP contribution is -2.57. The minimum absolute atomic E-state index is 0.0198. The first-order valence-corrected chi connectivity index (χ1v) is 5.97. The van der Waals surface area contributed by atoms with E-state index in [2.05, 4.69) is 5.32 Å². The molecule has 0 aromatic heterocycles. The number of carbonyl (C=O) groups is 2. The Morgan fingerprint density at radius 2 is 1.65 bits per heavy atom. The van der Waals surface area contributed by atoms with E-state index in [1.807, 2.05) is 13.8 Å². The van der Waals surface area contributed by atoms with Gasteiger partial charge in [0.05, 0.1) is 5.41 Å². The molecule has 0 radical (unpaired) electrons. The summed E-state index contributed by atoms with van der Waals surface area (Å²) in [4.78, 5) is 23.2. The number of rotatable bonds is 4. The number of nitrogens with one attached hydrogen (secondary N) is 1. The van der Waals surface area contributed by atoms with Gasteiger partial charge >= 0.3 is 5.97 Å². The zero-order chi connectivity index (χ0) is 13.6. The van der Waals surface area contributed by atoms with Crippen LogP contribution in [0.2, 0.25) is 0 Å². The minimum atomic E-state index is -0.998. The van der Waals surface area contributed by atoms with E-state index in [1.165, 1.54) is 0 Å². The van der Waals surface area contributed by atoms with Gasteiger partial charge in [0.2, 0.25) is 5.91 Å². The van der Waals surface area contributed by atoms with Crippen LogP contribution in [-0.4, -0.2) is 22.5 Å². The van der Waals surface area contributed by atoms with Crippen LogP contribution in [0, 0.1) is 16.7 Å². The van der Waals surface area contributed by atoms with E-state index in [0.29, 0.717) is 0 Å². The van der Waals surface area contributed by atoms with Crippen LogP contribution >= 0.6 is 0 Å². The quantitative estimate of drug-likeness (QED) is 0.791. The molecule has 1 fully saturated rings. The third kappa shape index (κ3) is 2.45. The van der Waals surface area contributed by atoms with Gasteiger partial charge in [-0.25, -0.2) is 0 Å². The fourth-order valence-corrected chi connectivity index (χ4v) is 1.73. The van der Waals surface area contributed by atoms with Crippen molar-refractivity contribution in [3.05, 3.63) is 0 Å². The fraction of sp³-hybridized carbons (Fsp3) is 0.846. The molecule has 0 aromatic rings. The summed E-state index contributed by atoms with van der Waals surface area (Å²) < 4.78 is 0. The van der Waals surface area contributed by atoms with E-state index in [9.17, 15) is 14.7 Å². The monoisotopic (exact) mass is 241 g/mol. The first-order valence-electron chi connectivity index (χ1n) is 5.97. The number of amides is 1. The molecule has 1 rings (SSSR count). The van der Waals surface area contributed by atoms with Gasteiger partial charge in [-0.05, 0) is 39.5 Å². The lowest BCUT2D eigenvalue weighted by molar-refractivity contribution is -0.151. The van der Waals surface area contributed by atoms with Gasteiger partial charge in [-0.3, -0.25) is 9.59 Å². The van der Waals surface area contributed by atoms with Gasteiger partial charge < -0.3 is 10.4 Å². The van der Waals surface area contributed by atoms with Crippen LogP contribution in [0.4, 0.5) is 0 Å². The van der Waals surface area contributed by atoms with Crippen LogP contribution in [-0.2, 0) is 9.59 Å². The van der Waals surface area contributed by atoms with Crippen molar-refractivity contribution in [1.82, 2.24) is 5.32 Å². The SMILES string of the molecule is CC1(C)CC1C(=O)NC(C)(C)C(C)(C)C(=O)O. The highest BCUT2D eigenvalue weighted by Crippen LogP contribution is 2.52. The Balaban J connectivity index is 2.74. The summed E-state index contributed by atoms with van der Waals surface area (Å²) in [7, 11) is 0. The zero-order valence-electron chi connectivity index (χ0n) is 11.5. The molecule has 0 saturated heterocycles. The van der Waals surface area contributed by atoms with Crippen molar-refractivity contribution in [1.29, 1.82) is 0 Å². The molecule has 98 valence electrons. The van der Waals surface area contributed by atoms with E-state index < -0.39 is 16.9 Å². The predicted octanol–water partition coefficient (Wildman–Crippen LogP) is 2.04. The molecule has 1 saturated carbocycles. The van der Waals surface area contributed by atoms with Gasteiger partial charge in [-0.2, -0.15) is 0 Å². The summed E-state index contributed by atoms with van der Waals surface area (Å²) in [5.41, 5.74) is -1.70. The van der Waals surface area contributed by atoms with Crippen molar-refractivity contribution >= 4 is 11.9 Å². The molecule has 0 bridgehead atoms. The molecule has 1 atom stereocenters. The number of carboxylic acids is 1. The average Bonchev–Trinajstić information content (AvgIpc) is 2.73. The zero-order valence-corrected chi connectivity index (χ0v) is 11.5. The molecule has 0 heterocycles.